The number of carbonyl (C=O) groups excluding carboxylic acids is 1. The number of primary amides is 1. The van der Waals surface area contributed by atoms with Crippen molar-refractivity contribution < 1.29 is 23.8 Å². The molecular formula is C17H19NO6. The average molecular weight is 333 g/mol. The minimum absolute atomic E-state index is 0.00831. The van der Waals surface area contributed by atoms with E-state index in [2.05, 4.69) is 0 Å². The van der Waals surface area contributed by atoms with E-state index in [0.29, 0.717) is 22.8 Å². The largest absolute Gasteiger partial charge is 0.502 e. The number of hydrogen-bond acceptors (Lipinski definition) is 6. The molecule has 0 fully saturated rings. The molecule has 1 atom stereocenters. The molecule has 2 aromatic rings. The first kappa shape index (κ1) is 17.4. The summed E-state index contributed by atoms with van der Waals surface area (Å²) < 4.78 is 15.9. The molecule has 1 aromatic carbocycles. The highest BCUT2D eigenvalue weighted by molar-refractivity contribution is 5.75. The van der Waals surface area contributed by atoms with Gasteiger partial charge in [-0.15, -0.1) is 0 Å². The van der Waals surface area contributed by atoms with Crippen LogP contribution in [0.2, 0.25) is 0 Å². The molecule has 0 saturated carbocycles. The normalized spacial score (nSPS) is 11.8. The summed E-state index contributed by atoms with van der Waals surface area (Å²) in [6.07, 6.45) is -0.143. The molecule has 2 rings (SSSR count). The van der Waals surface area contributed by atoms with E-state index in [0.717, 1.165) is 0 Å². The van der Waals surface area contributed by atoms with Crippen molar-refractivity contribution in [3.8, 4) is 17.2 Å². The SMILES string of the molecule is COc1ccc([C@@H](CC(N)=O)c2oc(C)cc(=O)c2O)cc1OC. The zero-order valence-corrected chi connectivity index (χ0v) is 13.7. The van der Waals surface area contributed by atoms with Gasteiger partial charge in [0, 0.05) is 12.5 Å². The summed E-state index contributed by atoms with van der Waals surface area (Å²) >= 11 is 0. The van der Waals surface area contributed by atoms with Gasteiger partial charge in [-0.2, -0.15) is 0 Å². The van der Waals surface area contributed by atoms with Gasteiger partial charge in [-0.3, -0.25) is 9.59 Å². The summed E-state index contributed by atoms with van der Waals surface area (Å²) in [5.41, 5.74) is 5.34. The lowest BCUT2D eigenvalue weighted by molar-refractivity contribution is -0.118. The number of benzene rings is 1. The first-order valence-electron chi connectivity index (χ1n) is 7.21. The maximum atomic E-state index is 11.8. The molecule has 7 heteroatoms. The highest BCUT2D eigenvalue weighted by atomic mass is 16.5. The third-order valence-corrected chi connectivity index (χ3v) is 3.60. The van der Waals surface area contributed by atoms with E-state index >= 15 is 0 Å². The average Bonchev–Trinajstić information content (AvgIpc) is 2.55. The maximum Gasteiger partial charge on any atom is 0.227 e. The Hall–Kier alpha value is -2.96. The van der Waals surface area contributed by atoms with Gasteiger partial charge in [0.15, 0.2) is 17.3 Å². The molecule has 0 aliphatic carbocycles. The number of rotatable bonds is 6. The molecule has 0 unspecified atom stereocenters. The Morgan fingerprint density at radius 1 is 1.25 bits per heavy atom. The zero-order valence-electron chi connectivity index (χ0n) is 13.7. The first-order valence-corrected chi connectivity index (χ1v) is 7.21. The predicted molar refractivity (Wildman–Crippen MR) is 86.6 cm³/mol. The highest BCUT2D eigenvalue weighted by Gasteiger charge is 2.26. The lowest BCUT2D eigenvalue weighted by atomic mass is 9.91. The lowest BCUT2D eigenvalue weighted by Crippen LogP contribution is -2.18. The molecule has 0 aliphatic heterocycles. The predicted octanol–water partition coefficient (Wildman–Crippen LogP) is 1.68. The number of methoxy groups -OCH3 is 2. The van der Waals surface area contributed by atoms with E-state index in [1.165, 1.54) is 20.3 Å². The molecule has 3 N–H and O–H groups in total. The second kappa shape index (κ2) is 7.08. The minimum atomic E-state index is -0.727. The van der Waals surface area contributed by atoms with Crippen LogP contribution in [-0.4, -0.2) is 25.2 Å². The maximum absolute atomic E-state index is 11.8. The van der Waals surface area contributed by atoms with Gasteiger partial charge in [-0.1, -0.05) is 6.07 Å². The Morgan fingerprint density at radius 2 is 1.92 bits per heavy atom. The van der Waals surface area contributed by atoms with E-state index in [9.17, 15) is 14.7 Å². The third-order valence-electron chi connectivity index (χ3n) is 3.60. The van der Waals surface area contributed by atoms with Crippen LogP contribution in [-0.2, 0) is 4.79 Å². The smallest absolute Gasteiger partial charge is 0.227 e. The van der Waals surface area contributed by atoms with Crippen LogP contribution in [0.4, 0.5) is 0 Å². The Bertz CT molecular complexity index is 811. The monoisotopic (exact) mass is 333 g/mol. The molecular weight excluding hydrogens is 314 g/mol. The van der Waals surface area contributed by atoms with E-state index < -0.39 is 23.0 Å². The summed E-state index contributed by atoms with van der Waals surface area (Å²) in [4.78, 5) is 23.3. The van der Waals surface area contributed by atoms with E-state index in [4.69, 9.17) is 19.6 Å². The van der Waals surface area contributed by atoms with Crippen molar-refractivity contribution in [3.05, 3.63) is 51.6 Å². The standard InChI is InChI=1S/C17H19NO6/c1-9-6-12(19)16(21)17(24-9)11(8-15(18)20)10-4-5-13(22-2)14(7-10)23-3/h4-7,11,21H,8H2,1-3H3,(H2,18,20)/t11-/m1/s1. The van der Waals surface area contributed by atoms with Gasteiger partial charge in [0.1, 0.15) is 5.76 Å². The van der Waals surface area contributed by atoms with Crippen LogP contribution >= 0.6 is 0 Å². The van der Waals surface area contributed by atoms with Crippen LogP contribution in [0.15, 0.2) is 33.5 Å². The Kier molecular flexibility index (Phi) is 5.13. The topological polar surface area (TPSA) is 112 Å². The molecule has 24 heavy (non-hydrogen) atoms. The van der Waals surface area contributed by atoms with Crippen molar-refractivity contribution in [2.45, 2.75) is 19.3 Å². The Labute approximate surface area is 138 Å². The van der Waals surface area contributed by atoms with Crippen LogP contribution in [0.25, 0.3) is 0 Å². The van der Waals surface area contributed by atoms with E-state index in [1.807, 2.05) is 0 Å². The lowest BCUT2D eigenvalue weighted by Gasteiger charge is -2.18. The first-order chi connectivity index (χ1) is 11.4. The van der Waals surface area contributed by atoms with Crippen molar-refractivity contribution in [3.63, 3.8) is 0 Å². The van der Waals surface area contributed by atoms with Crippen molar-refractivity contribution in [1.29, 1.82) is 0 Å². The van der Waals surface area contributed by atoms with Crippen LogP contribution in [0.5, 0.6) is 17.2 Å². The fraction of sp³-hybridized carbons (Fsp3) is 0.294. The number of aryl methyl sites for hydroxylation is 1. The second-order valence-corrected chi connectivity index (χ2v) is 5.27. The summed E-state index contributed by atoms with van der Waals surface area (Å²) in [6, 6.07) is 6.17. The van der Waals surface area contributed by atoms with Gasteiger partial charge >= 0.3 is 0 Å². The van der Waals surface area contributed by atoms with Gasteiger partial charge in [-0.25, -0.2) is 0 Å². The van der Waals surface area contributed by atoms with Crippen molar-refractivity contribution in [2.24, 2.45) is 5.73 Å². The van der Waals surface area contributed by atoms with Gasteiger partial charge < -0.3 is 24.7 Å². The van der Waals surface area contributed by atoms with Crippen molar-refractivity contribution >= 4 is 5.91 Å². The molecule has 0 aliphatic rings. The molecule has 1 heterocycles. The fourth-order valence-electron chi connectivity index (χ4n) is 2.49. The third kappa shape index (κ3) is 3.51. The number of carbonyl (C=O) groups is 1. The number of amides is 1. The number of aromatic hydroxyl groups is 1. The van der Waals surface area contributed by atoms with E-state index in [-0.39, 0.29) is 12.2 Å². The molecule has 0 radical (unpaired) electrons. The number of hydrogen-bond donors (Lipinski definition) is 2. The molecule has 0 spiro atoms. The second-order valence-electron chi connectivity index (χ2n) is 5.27. The number of nitrogens with two attached hydrogens (primary N) is 1. The molecule has 0 bridgehead atoms. The summed E-state index contributed by atoms with van der Waals surface area (Å²) in [7, 11) is 2.98. The zero-order chi connectivity index (χ0) is 17.9. The molecule has 7 nitrogen and oxygen atoms in total. The minimum Gasteiger partial charge on any atom is -0.502 e. The van der Waals surface area contributed by atoms with Crippen LogP contribution < -0.4 is 20.6 Å². The number of ether oxygens (including phenoxy) is 2. The summed E-state index contributed by atoms with van der Waals surface area (Å²) in [5.74, 6) is -0.600. The molecule has 1 amide bonds. The summed E-state index contributed by atoms with van der Waals surface area (Å²) in [6.45, 7) is 1.58. The van der Waals surface area contributed by atoms with Crippen LogP contribution in [0.1, 0.15) is 29.4 Å². The van der Waals surface area contributed by atoms with E-state index in [1.54, 1.807) is 25.1 Å². The van der Waals surface area contributed by atoms with Gasteiger partial charge in [0.25, 0.3) is 0 Å². The van der Waals surface area contributed by atoms with Crippen molar-refractivity contribution in [1.82, 2.24) is 0 Å². The molecule has 1 aromatic heterocycles. The van der Waals surface area contributed by atoms with Crippen LogP contribution in [0, 0.1) is 6.92 Å². The summed E-state index contributed by atoms with van der Waals surface area (Å²) in [5, 5.41) is 10.1. The quantitative estimate of drug-likeness (QED) is 0.832. The fourth-order valence-corrected chi connectivity index (χ4v) is 2.49. The molecule has 128 valence electrons. The van der Waals surface area contributed by atoms with Crippen molar-refractivity contribution in [2.75, 3.05) is 14.2 Å². The highest BCUT2D eigenvalue weighted by Crippen LogP contribution is 2.37. The van der Waals surface area contributed by atoms with Crippen LogP contribution in [0.3, 0.4) is 0 Å². The van der Waals surface area contributed by atoms with Gasteiger partial charge in [-0.05, 0) is 24.6 Å². The van der Waals surface area contributed by atoms with Gasteiger partial charge in [0.05, 0.1) is 20.1 Å². The van der Waals surface area contributed by atoms with Gasteiger partial charge in [0.2, 0.25) is 17.1 Å². The Morgan fingerprint density at radius 3 is 2.50 bits per heavy atom. The Balaban J connectivity index is 2.62. The molecule has 0 saturated heterocycles.